The Morgan fingerprint density at radius 1 is 1.39 bits per heavy atom. The van der Waals surface area contributed by atoms with Crippen LogP contribution in [0.2, 0.25) is 0 Å². The van der Waals surface area contributed by atoms with Gasteiger partial charge < -0.3 is 15.4 Å². The molecule has 0 aromatic heterocycles. The smallest absolute Gasteiger partial charge is 0.225 e. The quantitative estimate of drug-likeness (QED) is 0.866. The van der Waals surface area contributed by atoms with Gasteiger partial charge in [0.1, 0.15) is 0 Å². The third-order valence-corrected chi connectivity index (χ3v) is 4.53. The summed E-state index contributed by atoms with van der Waals surface area (Å²) in [6, 6.07) is 8.39. The lowest BCUT2D eigenvalue weighted by atomic mass is 9.95. The van der Waals surface area contributed by atoms with Gasteiger partial charge in [0.2, 0.25) is 5.91 Å². The van der Waals surface area contributed by atoms with Crippen LogP contribution in [0.4, 0.5) is 0 Å². The van der Waals surface area contributed by atoms with Crippen molar-refractivity contribution in [1.82, 2.24) is 4.90 Å². The number of ether oxygens (including phenoxy) is 1. The Kier molecular flexibility index (Phi) is 8.03. The van der Waals surface area contributed by atoms with Crippen LogP contribution in [-0.2, 0) is 16.0 Å². The molecule has 0 saturated heterocycles. The van der Waals surface area contributed by atoms with Crippen molar-refractivity contribution in [3.8, 4) is 0 Å². The fourth-order valence-electron chi connectivity index (χ4n) is 2.76. The molecule has 1 amide bonds. The van der Waals surface area contributed by atoms with Gasteiger partial charge in [0.15, 0.2) is 0 Å². The Morgan fingerprint density at radius 2 is 2.09 bits per heavy atom. The second kappa shape index (κ2) is 9.26. The van der Waals surface area contributed by atoms with E-state index in [0.29, 0.717) is 25.5 Å². The van der Waals surface area contributed by atoms with Crippen LogP contribution in [-0.4, -0.2) is 37.0 Å². The predicted molar refractivity (Wildman–Crippen MR) is 95.8 cm³/mol. The number of amides is 1. The first-order chi connectivity index (χ1) is 10.5. The lowest BCUT2D eigenvalue weighted by Gasteiger charge is -2.28. The minimum absolute atomic E-state index is 0. The van der Waals surface area contributed by atoms with Crippen LogP contribution < -0.4 is 5.73 Å². The second-order valence-corrected chi connectivity index (χ2v) is 6.52. The van der Waals surface area contributed by atoms with Crippen molar-refractivity contribution in [3.05, 3.63) is 35.4 Å². The molecule has 1 aromatic rings. The van der Waals surface area contributed by atoms with Crippen molar-refractivity contribution >= 4 is 18.3 Å². The molecule has 2 atom stereocenters. The predicted octanol–water partition coefficient (Wildman–Crippen LogP) is 2.94. The number of carbonyl (C=O) groups excluding carboxylic acids is 1. The third kappa shape index (κ3) is 5.48. The maximum atomic E-state index is 12.4. The van der Waals surface area contributed by atoms with Crippen molar-refractivity contribution in [1.29, 1.82) is 0 Å². The zero-order chi connectivity index (χ0) is 16.1. The van der Waals surface area contributed by atoms with E-state index in [-0.39, 0.29) is 30.5 Å². The van der Waals surface area contributed by atoms with Crippen LogP contribution in [0, 0.1) is 5.92 Å². The van der Waals surface area contributed by atoms with Gasteiger partial charge in [-0.1, -0.05) is 38.1 Å². The Balaban J connectivity index is 0.00000264. The van der Waals surface area contributed by atoms with Crippen molar-refractivity contribution in [3.63, 3.8) is 0 Å². The van der Waals surface area contributed by atoms with E-state index < -0.39 is 0 Å². The molecule has 1 heterocycles. The topological polar surface area (TPSA) is 55.6 Å². The van der Waals surface area contributed by atoms with Gasteiger partial charge in [-0.3, -0.25) is 4.79 Å². The van der Waals surface area contributed by atoms with Gasteiger partial charge in [0.05, 0.1) is 19.1 Å². The SMILES string of the molecule is CC(C)C(N)CCN(C)C(=O)CC1OCCc2ccccc21.Cl. The molecule has 1 aromatic carbocycles. The van der Waals surface area contributed by atoms with Crippen LogP contribution in [0.3, 0.4) is 0 Å². The van der Waals surface area contributed by atoms with E-state index >= 15 is 0 Å². The molecule has 130 valence electrons. The lowest BCUT2D eigenvalue weighted by Crippen LogP contribution is -2.35. The van der Waals surface area contributed by atoms with Gasteiger partial charge in [0, 0.05) is 19.6 Å². The van der Waals surface area contributed by atoms with E-state index in [1.165, 1.54) is 5.56 Å². The Hall–Kier alpha value is -1.10. The van der Waals surface area contributed by atoms with Crippen LogP contribution in [0.5, 0.6) is 0 Å². The molecule has 1 aliphatic rings. The average Bonchev–Trinajstić information content (AvgIpc) is 2.52. The first-order valence-corrected chi connectivity index (χ1v) is 8.18. The van der Waals surface area contributed by atoms with Gasteiger partial charge in [-0.2, -0.15) is 0 Å². The van der Waals surface area contributed by atoms with Crippen LogP contribution in [0.25, 0.3) is 0 Å². The summed E-state index contributed by atoms with van der Waals surface area (Å²) in [6.07, 6.45) is 2.06. The van der Waals surface area contributed by atoms with E-state index in [1.54, 1.807) is 4.90 Å². The van der Waals surface area contributed by atoms with E-state index in [4.69, 9.17) is 10.5 Å². The van der Waals surface area contributed by atoms with E-state index in [9.17, 15) is 4.79 Å². The molecule has 1 aliphatic heterocycles. The number of benzene rings is 1. The molecule has 2 rings (SSSR count). The van der Waals surface area contributed by atoms with E-state index in [2.05, 4.69) is 26.0 Å². The Labute approximate surface area is 145 Å². The summed E-state index contributed by atoms with van der Waals surface area (Å²) < 4.78 is 5.82. The average molecular weight is 341 g/mol. The maximum absolute atomic E-state index is 12.4. The summed E-state index contributed by atoms with van der Waals surface area (Å²) in [4.78, 5) is 14.2. The van der Waals surface area contributed by atoms with Crippen molar-refractivity contribution in [2.45, 2.75) is 45.3 Å². The largest absolute Gasteiger partial charge is 0.373 e. The molecule has 2 unspecified atom stereocenters. The highest BCUT2D eigenvalue weighted by molar-refractivity contribution is 5.85. The first-order valence-electron chi connectivity index (χ1n) is 8.18. The van der Waals surface area contributed by atoms with Gasteiger partial charge in [-0.05, 0) is 29.9 Å². The summed E-state index contributed by atoms with van der Waals surface area (Å²) >= 11 is 0. The molecule has 23 heavy (non-hydrogen) atoms. The van der Waals surface area contributed by atoms with Crippen LogP contribution in [0.1, 0.15) is 43.9 Å². The molecule has 0 spiro atoms. The number of hydrogen-bond acceptors (Lipinski definition) is 3. The standard InChI is InChI=1S/C18H28N2O2.ClH/c1-13(2)16(19)8-10-20(3)18(21)12-17-15-7-5-4-6-14(15)9-11-22-17;/h4-7,13,16-17H,8-12,19H2,1-3H3;1H. The molecular weight excluding hydrogens is 312 g/mol. The fraction of sp³-hybridized carbons (Fsp3) is 0.611. The fourth-order valence-corrected chi connectivity index (χ4v) is 2.76. The van der Waals surface area contributed by atoms with Gasteiger partial charge in [-0.25, -0.2) is 0 Å². The summed E-state index contributed by atoms with van der Waals surface area (Å²) in [6.45, 7) is 5.61. The number of carbonyl (C=O) groups is 1. The van der Waals surface area contributed by atoms with Crippen LogP contribution in [0.15, 0.2) is 24.3 Å². The number of halogens is 1. The summed E-state index contributed by atoms with van der Waals surface area (Å²) in [5.74, 6) is 0.565. The Bertz CT molecular complexity index is 508. The molecule has 2 N–H and O–H groups in total. The van der Waals surface area contributed by atoms with Crippen molar-refractivity contribution in [2.75, 3.05) is 20.2 Å². The molecule has 5 heteroatoms. The zero-order valence-corrected chi connectivity index (χ0v) is 15.1. The van der Waals surface area contributed by atoms with Gasteiger partial charge in [0.25, 0.3) is 0 Å². The normalized spacial score (nSPS) is 18.0. The minimum Gasteiger partial charge on any atom is -0.373 e. The monoisotopic (exact) mass is 340 g/mol. The lowest BCUT2D eigenvalue weighted by molar-refractivity contribution is -0.133. The highest BCUT2D eigenvalue weighted by atomic mass is 35.5. The number of rotatable bonds is 6. The first kappa shape index (κ1) is 19.9. The maximum Gasteiger partial charge on any atom is 0.225 e. The number of hydrogen-bond donors (Lipinski definition) is 1. The Morgan fingerprint density at radius 3 is 2.78 bits per heavy atom. The highest BCUT2D eigenvalue weighted by Crippen LogP contribution is 2.29. The van der Waals surface area contributed by atoms with Gasteiger partial charge in [-0.15, -0.1) is 12.4 Å². The molecule has 0 radical (unpaired) electrons. The molecule has 0 bridgehead atoms. The second-order valence-electron chi connectivity index (χ2n) is 6.52. The molecule has 0 saturated carbocycles. The number of fused-ring (bicyclic) bond motifs is 1. The molecular formula is C18H29ClN2O2. The van der Waals surface area contributed by atoms with Crippen LogP contribution >= 0.6 is 12.4 Å². The number of nitrogens with zero attached hydrogens (tertiary/aromatic N) is 1. The minimum atomic E-state index is -0.112. The van der Waals surface area contributed by atoms with Gasteiger partial charge >= 0.3 is 0 Å². The summed E-state index contributed by atoms with van der Waals surface area (Å²) in [7, 11) is 1.85. The zero-order valence-electron chi connectivity index (χ0n) is 14.3. The molecule has 4 nitrogen and oxygen atoms in total. The van der Waals surface area contributed by atoms with Crippen molar-refractivity contribution in [2.24, 2.45) is 11.7 Å². The summed E-state index contributed by atoms with van der Waals surface area (Å²) in [5.41, 5.74) is 8.51. The number of nitrogens with two attached hydrogens (primary N) is 1. The summed E-state index contributed by atoms with van der Waals surface area (Å²) in [5, 5.41) is 0. The van der Waals surface area contributed by atoms with E-state index in [1.807, 2.05) is 19.2 Å². The van der Waals surface area contributed by atoms with E-state index in [0.717, 1.165) is 18.4 Å². The van der Waals surface area contributed by atoms with Crippen molar-refractivity contribution < 1.29 is 9.53 Å². The molecule has 0 fully saturated rings. The highest BCUT2D eigenvalue weighted by Gasteiger charge is 2.24. The third-order valence-electron chi connectivity index (χ3n) is 4.53. The molecule has 0 aliphatic carbocycles.